The zero-order valence-electron chi connectivity index (χ0n) is 7.95. The van der Waals surface area contributed by atoms with Crippen molar-refractivity contribution in [1.82, 2.24) is 0 Å². The quantitative estimate of drug-likeness (QED) is 0.639. The van der Waals surface area contributed by atoms with E-state index in [4.69, 9.17) is 0 Å². The zero-order chi connectivity index (χ0) is 9.05. The first kappa shape index (κ1) is 8.25. The predicted octanol–water partition coefficient (Wildman–Crippen LogP) is 1.17. The van der Waals surface area contributed by atoms with Gasteiger partial charge in [0.1, 0.15) is 0 Å². The van der Waals surface area contributed by atoms with Crippen LogP contribution in [-0.2, 0) is 0 Å². The van der Waals surface area contributed by atoms with Crippen molar-refractivity contribution in [3.05, 3.63) is 0 Å². The van der Waals surface area contributed by atoms with Crippen molar-refractivity contribution in [1.29, 1.82) is 0 Å². The van der Waals surface area contributed by atoms with Crippen LogP contribution in [0.2, 0.25) is 0 Å². The molecule has 2 heteroatoms. The minimum atomic E-state index is -0.203. The number of aliphatic hydroxyl groups excluding tert-OH is 2. The van der Waals surface area contributed by atoms with Crippen molar-refractivity contribution in [2.45, 2.75) is 38.2 Å². The maximum Gasteiger partial charge on any atom is 0.0646 e. The van der Waals surface area contributed by atoms with Crippen molar-refractivity contribution in [3.63, 3.8) is 0 Å². The third kappa shape index (κ3) is 0.962. The Kier molecular flexibility index (Phi) is 1.58. The molecule has 0 saturated heterocycles. The second-order valence-electron chi connectivity index (χ2n) is 5.57. The molecule has 74 valence electrons. The Labute approximate surface area is 79.0 Å². The van der Waals surface area contributed by atoms with Gasteiger partial charge in [0.25, 0.3) is 0 Å². The summed E-state index contributed by atoms with van der Waals surface area (Å²) in [6.07, 6.45) is 5.77. The molecule has 4 aliphatic carbocycles. The van der Waals surface area contributed by atoms with Gasteiger partial charge in [-0.05, 0) is 49.9 Å². The van der Waals surface area contributed by atoms with Gasteiger partial charge in [-0.2, -0.15) is 0 Å². The fraction of sp³-hybridized carbons (Fsp3) is 1.00. The summed E-state index contributed by atoms with van der Waals surface area (Å²) >= 11 is 0. The zero-order valence-corrected chi connectivity index (χ0v) is 7.95. The minimum Gasteiger partial charge on any atom is -0.396 e. The normalized spacial score (nSPS) is 58.6. The van der Waals surface area contributed by atoms with Crippen LogP contribution in [0.1, 0.15) is 32.1 Å². The topological polar surface area (TPSA) is 40.5 Å². The second-order valence-corrected chi connectivity index (χ2v) is 5.57. The van der Waals surface area contributed by atoms with Gasteiger partial charge in [-0.15, -0.1) is 0 Å². The average Bonchev–Trinajstić information content (AvgIpc) is 2.12. The van der Waals surface area contributed by atoms with E-state index in [1.165, 1.54) is 19.3 Å². The van der Waals surface area contributed by atoms with Gasteiger partial charge in [0.2, 0.25) is 0 Å². The molecule has 2 nitrogen and oxygen atoms in total. The van der Waals surface area contributed by atoms with E-state index in [0.717, 1.165) is 24.7 Å². The molecule has 2 N–H and O–H groups in total. The van der Waals surface area contributed by atoms with Crippen molar-refractivity contribution in [3.8, 4) is 0 Å². The van der Waals surface area contributed by atoms with Crippen LogP contribution in [0, 0.1) is 23.2 Å². The lowest BCUT2D eigenvalue weighted by molar-refractivity contribution is -0.171. The minimum absolute atomic E-state index is 0.0885. The van der Waals surface area contributed by atoms with Crippen LogP contribution in [0.15, 0.2) is 0 Å². The standard InChI is InChI=1S/C11H18O2/c12-6-11-4-7-1-8(5-11)3-9(2-7)10(11)13/h7-10,12-13H,1-6H2. The highest BCUT2D eigenvalue weighted by molar-refractivity contribution is 5.06. The predicted molar refractivity (Wildman–Crippen MR) is 49.1 cm³/mol. The van der Waals surface area contributed by atoms with Gasteiger partial charge in [0, 0.05) is 5.41 Å². The Morgan fingerprint density at radius 3 is 2.23 bits per heavy atom. The summed E-state index contributed by atoms with van der Waals surface area (Å²) in [4.78, 5) is 0. The Balaban J connectivity index is 1.95. The molecule has 4 fully saturated rings. The van der Waals surface area contributed by atoms with Crippen LogP contribution >= 0.6 is 0 Å². The Morgan fingerprint density at radius 1 is 1.08 bits per heavy atom. The van der Waals surface area contributed by atoms with Gasteiger partial charge in [-0.1, -0.05) is 0 Å². The number of aliphatic hydroxyl groups is 2. The molecular weight excluding hydrogens is 164 g/mol. The number of hydrogen-bond acceptors (Lipinski definition) is 2. The summed E-state index contributed by atoms with van der Waals surface area (Å²) in [6.45, 7) is 0.206. The third-order valence-corrected chi connectivity index (χ3v) is 4.72. The maximum atomic E-state index is 10.1. The van der Waals surface area contributed by atoms with Crippen molar-refractivity contribution in [2.75, 3.05) is 6.61 Å². The van der Waals surface area contributed by atoms with Crippen LogP contribution in [0.3, 0.4) is 0 Å². The monoisotopic (exact) mass is 182 g/mol. The fourth-order valence-electron chi connectivity index (χ4n) is 4.40. The highest BCUT2D eigenvalue weighted by atomic mass is 16.3. The van der Waals surface area contributed by atoms with E-state index < -0.39 is 0 Å². The van der Waals surface area contributed by atoms with E-state index in [-0.39, 0.29) is 18.1 Å². The van der Waals surface area contributed by atoms with Crippen LogP contribution in [0.25, 0.3) is 0 Å². The first-order valence-electron chi connectivity index (χ1n) is 5.52. The van der Waals surface area contributed by atoms with E-state index in [2.05, 4.69) is 0 Å². The van der Waals surface area contributed by atoms with E-state index in [1.54, 1.807) is 0 Å². The smallest absolute Gasteiger partial charge is 0.0646 e. The van der Waals surface area contributed by atoms with E-state index in [1.807, 2.05) is 0 Å². The molecule has 4 rings (SSSR count). The lowest BCUT2D eigenvalue weighted by atomic mass is 9.48. The molecule has 4 saturated carbocycles. The van der Waals surface area contributed by atoms with Crippen molar-refractivity contribution in [2.24, 2.45) is 23.2 Å². The van der Waals surface area contributed by atoms with Gasteiger partial charge >= 0.3 is 0 Å². The van der Waals surface area contributed by atoms with Gasteiger partial charge in [0.05, 0.1) is 12.7 Å². The van der Waals surface area contributed by atoms with E-state index in [9.17, 15) is 10.2 Å². The highest BCUT2D eigenvalue weighted by Crippen LogP contribution is 2.59. The Hall–Kier alpha value is -0.0800. The number of hydrogen-bond donors (Lipinski definition) is 2. The molecule has 4 aliphatic rings. The molecule has 0 aromatic carbocycles. The van der Waals surface area contributed by atoms with Crippen LogP contribution in [0.5, 0.6) is 0 Å². The highest BCUT2D eigenvalue weighted by Gasteiger charge is 2.56. The summed E-state index contributed by atoms with van der Waals surface area (Å²) in [6, 6.07) is 0. The Bertz CT molecular complexity index is 212. The molecule has 0 radical (unpaired) electrons. The molecule has 4 bridgehead atoms. The van der Waals surface area contributed by atoms with E-state index in [0.29, 0.717) is 5.92 Å². The van der Waals surface area contributed by atoms with E-state index >= 15 is 0 Å². The van der Waals surface area contributed by atoms with Gasteiger partial charge in [0.15, 0.2) is 0 Å². The summed E-state index contributed by atoms with van der Waals surface area (Å²) in [7, 11) is 0. The third-order valence-electron chi connectivity index (χ3n) is 4.72. The van der Waals surface area contributed by atoms with Gasteiger partial charge in [-0.3, -0.25) is 0 Å². The molecular formula is C11H18O2. The van der Waals surface area contributed by atoms with Crippen molar-refractivity contribution >= 4 is 0 Å². The Morgan fingerprint density at radius 2 is 1.69 bits per heavy atom. The molecule has 3 atom stereocenters. The average molecular weight is 182 g/mol. The van der Waals surface area contributed by atoms with Crippen LogP contribution in [0.4, 0.5) is 0 Å². The molecule has 0 amide bonds. The summed E-state index contributed by atoms with van der Waals surface area (Å²) in [5.41, 5.74) is -0.0885. The molecule has 3 unspecified atom stereocenters. The van der Waals surface area contributed by atoms with Crippen LogP contribution < -0.4 is 0 Å². The molecule has 0 aliphatic heterocycles. The molecule has 0 aromatic heterocycles. The lowest BCUT2D eigenvalue weighted by Crippen LogP contribution is -2.57. The fourth-order valence-corrected chi connectivity index (χ4v) is 4.40. The van der Waals surface area contributed by atoms with Crippen LogP contribution in [-0.4, -0.2) is 22.9 Å². The largest absolute Gasteiger partial charge is 0.396 e. The first-order valence-corrected chi connectivity index (χ1v) is 5.52. The van der Waals surface area contributed by atoms with Gasteiger partial charge in [-0.25, -0.2) is 0 Å². The molecule has 0 heterocycles. The lowest BCUT2D eigenvalue weighted by Gasteiger charge is -2.59. The molecule has 0 spiro atoms. The summed E-state index contributed by atoms with van der Waals surface area (Å²) in [5.74, 6) is 2.14. The van der Waals surface area contributed by atoms with Gasteiger partial charge < -0.3 is 10.2 Å². The first-order chi connectivity index (χ1) is 6.23. The van der Waals surface area contributed by atoms with Crippen molar-refractivity contribution < 1.29 is 10.2 Å². The number of rotatable bonds is 1. The SMILES string of the molecule is OCC12CC3CC(CC(C3)C1O)C2. The second kappa shape index (κ2) is 2.48. The molecule has 0 aromatic rings. The maximum absolute atomic E-state index is 10.1. The molecule has 13 heavy (non-hydrogen) atoms. The summed E-state index contributed by atoms with van der Waals surface area (Å²) < 4.78 is 0. The summed E-state index contributed by atoms with van der Waals surface area (Å²) in [5, 5.41) is 19.6.